The van der Waals surface area contributed by atoms with Crippen LogP contribution < -0.4 is 11.5 Å². The van der Waals surface area contributed by atoms with Crippen LogP contribution in [0.3, 0.4) is 0 Å². The maximum Gasteiger partial charge on any atom is 0.325 e. The molecule has 0 radical (unpaired) electrons. The Balaban J connectivity index is 2.00. The van der Waals surface area contributed by atoms with Crippen molar-refractivity contribution < 1.29 is 44.6 Å². The second kappa shape index (κ2) is 8.61. The molecule has 0 unspecified atom stereocenters. The number of rotatable bonds is 6. The highest BCUT2D eigenvalue weighted by Gasteiger charge is 2.45. The van der Waals surface area contributed by atoms with Crippen LogP contribution in [0, 0.1) is 0 Å². The number of anilines is 1. The number of Topliss-reactive ketones (excluding diaryl/α,β-unsaturated/α-hetero) is 1. The Morgan fingerprint density at radius 2 is 1.85 bits per heavy atom. The number of ketones is 1. The first-order chi connectivity index (χ1) is 12.7. The molecule has 1 aliphatic heterocycles. The predicted molar refractivity (Wildman–Crippen MR) is 89.3 cm³/mol. The van der Waals surface area contributed by atoms with E-state index in [-0.39, 0.29) is 17.0 Å². The highest BCUT2D eigenvalue weighted by Crippen LogP contribution is 2.25. The Morgan fingerprint density at radius 3 is 2.48 bits per heavy atom. The van der Waals surface area contributed by atoms with Crippen LogP contribution in [0.5, 0.6) is 5.75 Å². The number of esters is 1. The van der Waals surface area contributed by atoms with Gasteiger partial charge in [-0.25, -0.2) is 0 Å². The zero-order chi connectivity index (χ0) is 20.3. The molecule has 0 spiro atoms. The van der Waals surface area contributed by atoms with Crippen molar-refractivity contribution in [2.45, 2.75) is 43.2 Å². The molecular weight excluding hydrogens is 364 g/mol. The second-order valence-electron chi connectivity index (χ2n) is 6.11. The number of aliphatic hydroxyl groups is 4. The summed E-state index contributed by atoms with van der Waals surface area (Å²) in [6.45, 7) is -0.694. The first-order valence-electron chi connectivity index (χ1n) is 8.04. The summed E-state index contributed by atoms with van der Waals surface area (Å²) in [6.07, 6.45) is -8.57. The molecule has 27 heavy (non-hydrogen) atoms. The summed E-state index contributed by atoms with van der Waals surface area (Å²) in [5.41, 5.74) is 11.1. The van der Waals surface area contributed by atoms with E-state index in [4.69, 9.17) is 26.0 Å². The Bertz CT molecular complexity index is 696. The van der Waals surface area contributed by atoms with Crippen LogP contribution in [0.15, 0.2) is 18.2 Å². The van der Waals surface area contributed by atoms with Crippen LogP contribution in [0.2, 0.25) is 0 Å². The van der Waals surface area contributed by atoms with E-state index >= 15 is 0 Å². The Labute approximate surface area is 153 Å². The number of hydrogen-bond donors (Lipinski definition) is 7. The van der Waals surface area contributed by atoms with Crippen LogP contribution in [-0.2, 0) is 14.3 Å². The molecule has 1 aliphatic rings. The van der Waals surface area contributed by atoms with Crippen molar-refractivity contribution in [3.8, 4) is 5.75 Å². The molecule has 9 N–H and O–H groups in total. The lowest BCUT2D eigenvalue weighted by Crippen LogP contribution is -2.60. The molecule has 6 atom stereocenters. The lowest BCUT2D eigenvalue weighted by atomic mass is 9.99. The Kier molecular flexibility index (Phi) is 6.70. The van der Waals surface area contributed by atoms with Crippen LogP contribution in [0.4, 0.5) is 5.69 Å². The van der Waals surface area contributed by atoms with Crippen LogP contribution in [0.25, 0.3) is 0 Å². The van der Waals surface area contributed by atoms with Crippen molar-refractivity contribution in [3.63, 3.8) is 0 Å². The van der Waals surface area contributed by atoms with Gasteiger partial charge in [0.1, 0.15) is 36.2 Å². The molecule has 11 nitrogen and oxygen atoms in total. The molecule has 0 aromatic heterocycles. The number of phenolic OH excluding ortho intramolecular Hbond substituents is 1. The Hall–Kier alpha value is -2.28. The monoisotopic (exact) mass is 386 g/mol. The fraction of sp³-hybridized carbons (Fsp3) is 0.500. The zero-order valence-electron chi connectivity index (χ0n) is 14.1. The molecule has 1 aromatic rings. The van der Waals surface area contributed by atoms with E-state index in [1.807, 2.05) is 0 Å². The number of phenols is 1. The van der Waals surface area contributed by atoms with E-state index < -0.39 is 61.5 Å². The summed E-state index contributed by atoms with van der Waals surface area (Å²) < 4.78 is 9.88. The van der Waals surface area contributed by atoms with Crippen molar-refractivity contribution in [3.05, 3.63) is 23.8 Å². The fourth-order valence-electron chi connectivity index (χ4n) is 2.56. The third kappa shape index (κ3) is 4.53. The van der Waals surface area contributed by atoms with E-state index in [0.717, 1.165) is 0 Å². The first kappa shape index (κ1) is 21.0. The van der Waals surface area contributed by atoms with Crippen molar-refractivity contribution in [1.29, 1.82) is 0 Å². The second-order valence-corrected chi connectivity index (χ2v) is 6.11. The van der Waals surface area contributed by atoms with E-state index in [0.29, 0.717) is 0 Å². The molecule has 0 amide bonds. The van der Waals surface area contributed by atoms with Gasteiger partial charge in [0, 0.05) is 12.0 Å². The number of aliphatic hydroxyl groups excluding tert-OH is 4. The number of ether oxygens (including phenoxy) is 2. The summed E-state index contributed by atoms with van der Waals surface area (Å²) >= 11 is 0. The number of nitrogen functional groups attached to an aromatic ring is 1. The van der Waals surface area contributed by atoms with Crippen molar-refractivity contribution >= 4 is 17.4 Å². The topological polar surface area (TPSA) is 206 Å². The molecule has 1 aromatic carbocycles. The number of benzene rings is 1. The van der Waals surface area contributed by atoms with E-state index in [9.17, 15) is 30.0 Å². The number of carbonyl (C=O) groups is 2. The normalized spacial score (nSPS) is 29.1. The quantitative estimate of drug-likeness (QED) is 0.115. The molecule has 1 heterocycles. The lowest BCUT2D eigenvalue weighted by molar-refractivity contribution is -0.293. The van der Waals surface area contributed by atoms with Gasteiger partial charge in [-0.05, 0) is 12.1 Å². The molecule has 0 bridgehead atoms. The van der Waals surface area contributed by atoms with Crippen molar-refractivity contribution in [2.75, 3.05) is 12.3 Å². The summed E-state index contributed by atoms with van der Waals surface area (Å²) in [4.78, 5) is 24.3. The van der Waals surface area contributed by atoms with Gasteiger partial charge in [-0.1, -0.05) is 6.07 Å². The SMILES string of the molecule is Nc1c(O)cccc1C(=O)C[C@H](N)C(=O)O[C@@H]1O[C@H](CO)[C@@H](O)[C@H](O)[C@H]1O. The minimum atomic E-state index is -1.78. The minimum absolute atomic E-state index is 0.0221. The Morgan fingerprint density at radius 1 is 1.19 bits per heavy atom. The van der Waals surface area contributed by atoms with E-state index in [1.165, 1.54) is 18.2 Å². The first-order valence-corrected chi connectivity index (χ1v) is 8.04. The number of para-hydroxylation sites is 1. The fourth-order valence-corrected chi connectivity index (χ4v) is 2.56. The van der Waals surface area contributed by atoms with Crippen molar-refractivity contribution in [2.24, 2.45) is 5.73 Å². The number of nitrogens with two attached hydrogens (primary N) is 2. The molecule has 2 rings (SSSR count). The zero-order valence-corrected chi connectivity index (χ0v) is 14.1. The molecule has 1 fully saturated rings. The summed E-state index contributed by atoms with van der Waals surface area (Å²) in [5, 5.41) is 47.8. The van der Waals surface area contributed by atoms with Gasteiger partial charge in [-0.2, -0.15) is 0 Å². The van der Waals surface area contributed by atoms with Crippen LogP contribution >= 0.6 is 0 Å². The van der Waals surface area contributed by atoms with Crippen LogP contribution in [-0.4, -0.2) is 80.6 Å². The van der Waals surface area contributed by atoms with Gasteiger partial charge in [-0.3, -0.25) is 9.59 Å². The molecule has 0 saturated carbocycles. The van der Waals surface area contributed by atoms with Crippen LogP contribution in [0.1, 0.15) is 16.8 Å². The summed E-state index contributed by atoms with van der Waals surface area (Å²) in [6, 6.07) is 2.59. The summed E-state index contributed by atoms with van der Waals surface area (Å²) in [5.74, 6) is -2.04. The third-order valence-electron chi connectivity index (χ3n) is 4.17. The highest BCUT2D eigenvalue weighted by atomic mass is 16.7. The maximum atomic E-state index is 12.2. The number of hydrogen-bond acceptors (Lipinski definition) is 11. The largest absolute Gasteiger partial charge is 0.506 e. The molecule has 1 saturated heterocycles. The van der Waals surface area contributed by atoms with Gasteiger partial charge in [0.2, 0.25) is 6.29 Å². The lowest BCUT2D eigenvalue weighted by Gasteiger charge is -2.39. The molecule has 0 aliphatic carbocycles. The van der Waals surface area contributed by atoms with Gasteiger partial charge in [0.25, 0.3) is 0 Å². The molecular formula is C16H22N2O9. The van der Waals surface area contributed by atoms with Gasteiger partial charge in [-0.15, -0.1) is 0 Å². The van der Waals surface area contributed by atoms with Gasteiger partial charge < -0.3 is 46.5 Å². The third-order valence-corrected chi connectivity index (χ3v) is 4.17. The number of aromatic hydroxyl groups is 1. The average Bonchev–Trinajstić information content (AvgIpc) is 2.64. The van der Waals surface area contributed by atoms with E-state index in [2.05, 4.69) is 0 Å². The number of carbonyl (C=O) groups excluding carboxylic acids is 2. The van der Waals surface area contributed by atoms with Gasteiger partial charge >= 0.3 is 5.97 Å². The van der Waals surface area contributed by atoms with Gasteiger partial charge in [0.05, 0.1) is 12.3 Å². The smallest absolute Gasteiger partial charge is 0.325 e. The minimum Gasteiger partial charge on any atom is -0.506 e. The highest BCUT2D eigenvalue weighted by molar-refractivity contribution is 6.03. The molecule has 11 heteroatoms. The van der Waals surface area contributed by atoms with Crippen molar-refractivity contribution in [1.82, 2.24) is 0 Å². The average molecular weight is 386 g/mol. The predicted octanol–water partition coefficient (Wildman–Crippen LogP) is -2.78. The van der Waals surface area contributed by atoms with Gasteiger partial charge in [0.15, 0.2) is 5.78 Å². The standard InChI is InChI=1S/C16H22N2O9/c17-7(4-9(21)6-2-1-3-8(20)11(6)18)15(25)27-16-14(24)13(23)12(22)10(5-19)26-16/h1-3,7,10,12-14,16,19-20,22-24H,4-5,17-18H2/t7-,10+,12+,13-,14+,16-/m0/s1. The molecule has 150 valence electrons. The van der Waals surface area contributed by atoms with E-state index in [1.54, 1.807) is 0 Å². The summed E-state index contributed by atoms with van der Waals surface area (Å²) in [7, 11) is 0. The maximum absolute atomic E-state index is 12.2.